The number of rotatable bonds is 10. The topological polar surface area (TPSA) is 42.9 Å². The first-order valence-electron chi connectivity index (χ1n) is 15.3. The quantitative estimate of drug-likeness (QED) is 0.307. The Kier molecular flexibility index (Phi) is 10.4. The van der Waals surface area contributed by atoms with Gasteiger partial charge in [0, 0.05) is 89.3 Å². The molecule has 2 saturated heterocycles. The van der Waals surface area contributed by atoms with Crippen molar-refractivity contribution in [1.29, 1.82) is 0 Å². The summed E-state index contributed by atoms with van der Waals surface area (Å²) in [6.45, 7) is 6.43. The van der Waals surface area contributed by atoms with Crippen molar-refractivity contribution >= 4 is 11.6 Å². The maximum absolute atomic E-state index is 13.3. The summed E-state index contributed by atoms with van der Waals surface area (Å²) in [5.74, 6) is 0.495. The maximum atomic E-state index is 13.3. The number of carbonyl (C=O) groups is 1. The molecular weight excluding hydrogens is 551 g/mol. The fraction of sp³-hybridized carbons (Fsp3) is 0.471. The molecule has 5 rings (SSSR count). The molecule has 2 aliphatic rings. The Balaban J connectivity index is 1.20. The average molecular weight is 594 g/mol. The van der Waals surface area contributed by atoms with Gasteiger partial charge in [0.25, 0.3) is 0 Å². The van der Waals surface area contributed by atoms with Gasteiger partial charge >= 0.3 is 6.18 Å². The summed E-state index contributed by atoms with van der Waals surface area (Å²) >= 11 is 0. The Hall–Kier alpha value is -3.43. The molecule has 3 aromatic rings. The van der Waals surface area contributed by atoms with E-state index in [1.165, 1.54) is 17.7 Å². The summed E-state index contributed by atoms with van der Waals surface area (Å²) in [4.78, 5) is 26.4. The van der Waals surface area contributed by atoms with Gasteiger partial charge in [-0.2, -0.15) is 13.2 Å². The van der Waals surface area contributed by atoms with Gasteiger partial charge < -0.3 is 9.80 Å². The van der Waals surface area contributed by atoms with Crippen LogP contribution in [-0.2, 0) is 23.9 Å². The smallest absolute Gasteiger partial charge is 0.369 e. The van der Waals surface area contributed by atoms with E-state index in [1.807, 2.05) is 36.2 Å². The number of aromatic nitrogens is 1. The Morgan fingerprint density at radius 1 is 0.953 bits per heavy atom. The highest BCUT2D eigenvalue weighted by Gasteiger charge is 2.36. The number of likely N-dealkylation sites (N-methyl/N-ethyl adjacent to an activating group) is 1. The van der Waals surface area contributed by atoms with Gasteiger partial charge in [-0.25, -0.2) is 0 Å². The Labute approximate surface area is 253 Å². The first-order valence-corrected chi connectivity index (χ1v) is 15.3. The number of amides is 1. The SMILES string of the molecule is CN(CCc1ccccn1)C(=O)CC[C@H]1CN(Cc2ccccc2)CC[C@H]1N1CCN(c2cccc(C(F)(F)F)c2)CC1. The highest BCUT2D eigenvalue weighted by atomic mass is 19.4. The van der Waals surface area contributed by atoms with E-state index < -0.39 is 11.7 Å². The minimum absolute atomic E-state index is 0.157. The number of hydrogen-bond acceptors (Lipinski definition) is 5. The number of piperazine rings is 1. The van der Waals surface area contributed by atoms with E-state index >= 15 is 0 Å². The van der Waals surface area contributed by atoms with Crippen molar-refractivity contribution in [2.24, 2.45) is 5.92 Å². The van der Waals surface area contributed by atoms with Gasteiger partial charge in [-0.1, -0.05) is 42.5 Å². The molecule has 2 aromatic carbocycles. The fourth-order valence-electron chi connectivity index (χ4n) is 6.49. The van der Waals surface area contributed by atoms with Gasteiger partial charge in [0.2, 0.25) is 5.91 Å². The number of hydrogen-bond donors (Lipinski definition) is 0. The fourth-order valence-corrected chi connectivity index (χ4v) is 6.49. The average Bonchev–Trinajstić information content (AvgIpc) is 3.03. The first kappa shape index (κ1) is 31.0. The third-order valence-electron chi connectivity index (χ3n) is 8.93. The lowest BCUT2D eigenvalue weighted by Crippen LogP contribution is -2.56. The third kappa shape index (κ3) is 8.57. The van der Waals surface area contributed by atoms with Gasteiger partial charge in [0.05, 0.1) is 5.56 Å². The normalized spacial score (nSPS) is 20.2. The van der Waals surface area contributed by atoms with Crippen LogP contribution in [0, 0.1) is 5.92 Å². The third-order valence-corrected chi connectivity index (χ3v) is 8.93. The highest BCUT2D eigenvalue weighted by Crippen LogP contribution is 2.33. The van der Waals surface area contributed by atoms with Crippen LogP contribution < -0.4 is 4.90 Å². The number of anilines is 1. The molecule has 43 heavy (non-hydrogen) atoms. The molecule has 0 aliphatic carbocycles. The molecule has 0 N–H and O–H groups in total. The number of halogens is 3. The number of nitrogens with zero attached hydrogens (tertiary/aromatic N) is 5. The largest absolute Gasteiger partial charge is 0.416 e. The molecule has 230 valence electrons. The molecule has 3 heterocycles. The maximum Gasteiger partial charge on any atom is 0.416 e. The second-order valence-corrected chi connectivity index (χ2v) is 11.8. The van der Waals surface area contributed by atoms with Crippen LogP contribution >= 0.6 is 0 Å². The van der Waals surface area contributed by atoms with Crippen LogP contribution in [0.1, 0.15) is 36.1 Å². The molecule has 6 nitrogen and oxygen atoms in total. The van der Waals surface area contributed by atoms with Crippen LogP contribution in [0.3, 0.4) is 0 Å². The summed E-state index contributed by atoms with van der Waals surface area (Å²) in [5, 5.41) is 0. The van der Waals surface area contributed by atoms with Crippen LogP contribution in [0.4, 0.5) is 18.9 Å². The molecule has 0 saturated carbocycles. The highest BCUT2D eigenvalue weighted by molar-refractivity contribution is 5.75. The van der Waals surface area contributed by atoms with E-state index in [4.69, 9.17) is 0 Å². The predicted octanol–water partition coefficient (Wildman–Crippen LogP) is 5.59. The summed E-state index contributed by atoms with van der Waals surface area (Å²) in [6, 6.07) is 22.3. The number of pyridine rings is 1. The van der Waals surface area contributed by atoms with Crippen LogP contribution in [0.2, 0.25) is 0 Å². The molecule has 9 heteroatoms. The molecule has 2 aliphatic heterocycles. The molecule has 0 spiro atoms. The summed E-state index contributed by atoms with van der Waals surface area (Å²) in [5.41, 5.74) is 2.30. The van der Waals surface area contributed by atoms with Gasteiger partial charge in [0.1, 0.15) is 0 Å². The van der Waals surface area contributed by atoms with Crippen molar-refractivity contribution in [3.05, 3.63) is 95.8 Å². The number of likely N-dealkylation sites (tertiary alicyclic amines) is 1. The van der Waals surface area contributed by atoms with Crippen molar-refractivity contribution in [3.63, 3.8) is 0 Å². The van der Waals surface area contributed by atoms with Gasteiger partial charge in [0.15, 0.2) is 0 Å². The minimum atomic E-state index is -4.34. The predicted molar refractivity (Wildman–Crippen MR) is 164 cm³/mol. The van der Waals surface area contributed by atoms with Crippen LogP contribution in [-0.4, -0.2) is 84.5 Å². The van der Waals surface area contributed by atoms with E-state index in [0.29, 0.717) is 43.7 Å². The molecule has 0 radical (unpaired) electrons. The van der Waals surface area contributed by atoms with Crippen molar-refractivity contribution in [1.82, 2.24) is 19.7 Å². The second-order valence-electron chi connectivity index (χ2n) is 11.8. The lowest BCUT2D eigenvalue weighted by Gasteiger charge is -2.47. The molecule has 2 atom stereocenters. The van der Waals surface area contributed by atoms with Crippen molar-refractivity contribution in [2.45, 2.75) is 44.4 Å². The number of alkyl halides is 3. The Morgan fingerprint density at radius 3 is 2.44 bits per heavy atom. The van der Waals surface area contributed by atoms with Crippen molar-refractivity contribution < 1.29 is 18.0 Å². The zero-order chi connectivity index (χ0) is 30.2. The second kappa shape index (κ2) is 14.4. The number of piperidine rings is 1. The van der Waals surface area contributed by atoms with Gasteiger partial charge in [-0.3, -0.25) is 19.6 Å². The Morgan fingerprint density at radius 2 is 1.72 bits per heavy atom. The van der Waals surface area contributed by atoms with E-state index in [-0.39, 0.29) is 5.91 Å². The molecule has 0 bridgehead atoms. The van der Waals surface area contributed by atoms with Gasteiger partial charge in [-0.05, 0) is 61.2 Å². The monoisotopic (exact) mass is 593 g/mol. The van der Waals surface area contributed by atoms with Crippen LogP contribution in [0.15, 0.2) is 79.0 Å². The lowest BCUT2D eigenvalue weighted by atomic mass is 9.86. The Bertz CT molecular complexity index is 1300. The van der Waals surface area contributed by atoms with Crippen molar-refractivity contribution in [2.75, 3.05) is 57.8 Å². The molecule has 2 fully saturated rings. The molecular formula is C34H42F3N5O. The van der Waals surface area contributed by atoms with Crippen LogP contribution in [0.5, 0.6) is 0 Å². The van der Waals surface area contributed by atoms with E-state index in [2.05, 4.69) is 43.9 Å². The number of benzene rings is 2. The van der Waals surface area contributed by atoms with Crippen molar-refractivity contribution in [3.8, 4) is 0 Å². The summed E-state index contributed by atoms with van der Waals surface area (Å²) in [6.07, 6.45) is 0.504. The van der Waals surface area contributed by atoms with E-state index in [9.17, 15) is 18.0 Å². The first-order chi connectivity index (χ1) is 20.8. The van der Waals surface area contributed by atoms with E-state index in [0.717, 1.165) is 63.7 Å². The van der Waals surface area contributed by atoms with Crippen LogP contribution in [0.25, 0.3) is 0 Å². The minimum Gasteiger partial charge on any atom is -0.369 e. The zero-order valence-electron chi connectivity index (χ0n) is 24.9. The molecule has 1 aromatic heterocycles. The van der Waals surface area contributed by atoms with Gasteiger partial charge in [-0.15, -0.1) is 0 Å². The van der Waals surface area contributed by atoms with E-state index in [1.54, 1.807) is 12.3 Å². The molecule has 1 amide bonds. The summed E-state index contributed by atoms with van der Waals surface area (Å²) < 4.78 is 39.9. The lowest BCUT2D eigenvalue weighted by molar-refractivity contribution is -0.137. The molecule has 0 unspecified atom stereocenters. The number of carbonyl (C=O) groups excluding carboxylic acids is 1. The summed E-state index contributed by atoms with van der Waals surface area (Å²) in [7, 11) is 1.87. The zero-order valence-corrected chi connectivity index (χ0v) is 24.9. The standard InChI is InChI=1S/C34H42F3N5O/c1-39(18-15-30-11-5-6-17-38-30)33(43)14-13-28-26-40(25-27-8-3-2-4-9-27)19-16-32(28)42-22-20-41(21-23-42)31-12-7-10-29(24-31)34(35,36)37/h2-12,17,24,28,32H,13-16,18-23,25-26H2,1H3/t28-,32+/m0/s1.